The number of fused-ring (bicyclic) bond motifs is 1. The molecular formula is C32H31FN6O6S. The molecule has 1 fully saturated rings. The number of ether oxygens (including phenoxy) is 2. The van der Waals surface area contributed by atoms with E-state index in [0.29, 0.717) is 35.4 Å². The molecule has 1 aliphatic rings. The van der Waals surface area contributed by atoms with Crippen LogP contribution in [0, 0.1) is 12.7 Å². The fraction of sp³-hybridized carbons (Fsp3) is 0.219. The van der Waals surface area contributed by atoms with E-state index in [-0.39, 0.29) is 34.3 Å². The number of nitrogens with zero attached hydrogens (tertiary/aromatic N) is 3. The van der Waals surface area contributed by atoms with E-state index in [1.165, 1.54) is 41.1 Å². The Balaban J connectivity index is 1.23. The molecule has 0 spiro atoms. The predicted molar refractivity (Wildman–Crippen MR) is 171 cm³/mol. The number of rotatable bonds is 10. The second kappa shape index (κ2) is 12.2. The Bertz CT molecular complexity index is 2080. The quantitative estimate of drug-likeness (QED) is 0.183. The first-order valence-electron chi connectivity index (χ1n) is 14.4. The fourth-order valence-corrected chi connectivity index (χ4v) is 6.48. The Morgan fingerprint density at radius 3 is 2.54 bits per heavy atom. The van der Waals surface area contributed by atoms with Crippen molar-refractivity contribution in [3.05, 3.63) is 89.5 Å². The molecule has 0 aliphatic carbocycles. The van der Waals surface area contributed by atoms with Crippen molar-refractivity contribution in [2.75, 3.05) is 36.4 Å². The first-order chi connectivity index (χ1) is 22.0. The van der Waals surface area contributed by atoms with Crippen molar-refractivity contribution in [3.8, 4) is 22.9 Å². The lowest BCUT2D eigenvalue weighted by molar-refractivity contribution is -0.127. The van der Waals surface area contributed by atoms with Gasteiger partial charge in [-0.25, -0.2) is 17.5 Å². The molecule has 6 rings (SSSR count). The highest BCUT2D eigenvalue weighted by Crippen LogP contribution is 2.33. The van der Waals surface area contributed by atoms with Gasteiger partial charge < -0.3 is 25.1 Å². The van der Waals surface area contributed by atoms with Crippen molar-refractivity contribution < 1.29 is 31.9 Å². The maximum Gasteiger partial charge on any atom is 0.241 e. The molecule has 12 nitrogen and oxygen atoms in total. The number of aryl methyl sites for hydroxylation is 1. The average Bonchev–Trinajstić information content (AvgIpc) is 3.78. The highest BCUT2D eigenvalue weighted by Gasteiger charge is 2.26. The number of halogens is 1. The predicted octanol–water partition coefficient (Wildman–Crippen LogP) is 4.78. The number of hydrogen-bond donors (Lipinski definition) is 3. The normalized spacial score (nSPS) is 13.2. The molecule has 0 saturated carbocycles. The number of anilines is 2. The molecule has 238 valence electrons. The number of aromatic nitrogens is 3. The molecule has 0 radical (unpaired) electrons. The number of sulfonamides is 1. The molecule has 5 aromatic rings. The van der Waals surface area contributed by atoms with E-state index in [2.05, 4.69) is 14.8 Å². The summed E-state index contributed by atoms with van der Waals surface area (Å²) < 4.78 is 54.7. The van der Waals surface area contributed by atoms with Gasteiger partial charge in [-0.3, -0.25) is 14.3 Å². The second-order valence-corrected chi connectivity index (χ2v) is 12.7. The third-order valence-corrected chi connectivity index (χ3v) is 8.89. The Morgan fingerprint density at radius 2 is 1.83 bits per heavy atom. The number of nitrogen functional groups attached to an aromatic ring is 1. The van der Waals surface area contributed by atoms with Gasteiger partial charge in [-0.15, -0.1) is 0 Å². The van der Waals surface area contributed by atoms with Gasteiger partial charge >= 0.3 is 0 Å². The number of likely N-dealkylation sites (tertiary alicyclic amines) is 1. The zero-order chi connectivity index (χ0) is 32.6. The van der Waals surface area contributed by atoms with Crippen molar-refractivity contribution in [1.82, 2.24) is 19.7 Å². The van der Waals surface area contributed by atoms with Gasteiger partial charge in [-0.05, 0) is 73.9 Å². The van der Waals surface area contributed by atoms with Crippen molar-refractivity contribution in [1.29, 1.82) is 0 Å². The van der Waals surface area contributed by atoms with Crippen molar-refractivity contribution in [3.63, 3.8) is 0 Å². The zero-order valence-corrected chi connectivity index (χ0v) is 25.9. The van der Waals surface area contributed by atoms with Gasteiger partial charge in [-0.1, -0.05) is 12.1 Å². The average molecular weight is 647 g/mol. The number of ketones is 1. The third kappa shape index (κ3) is 6.11. The van der Waals surface area contributed by atoms with Gasteiger partial charge in [0.05, 0.1) is 35.9 Å². The van der Waals surface area contributed by atoms with E-state index in [0.717, 1.165) is 18.4 Å². The van der Waals surface area contributed by atoms with E-state index in [1.807, 2.05) is 6.92 Å². The van der Waals surface area contributed by atoms with Gasteiger partial charge in [0, 0.05) is 24.0 Å². The summed E-state index contributed by atoms with van der Waals surface area (Å²) in [4.78, 5) is 30.6. The van der Waals surface area contributed by atoms with Crippen molar-refractivity contribution >= 4 is 44.1 Å². The van der Waals surface area contributed by atoms with E-state index >= 15 is 0 Å². The van der Waals surface area contributed by atoms with Crippen molar-refractivity contribution in [2.45, 2.75) is 19.8 Å². The molecule has 0 unspecified atom stereocenters. The van der Waals surface area contributed by atoms with Crippen LogP contribution in [0.15, 0.2) is 66.9 Å². The largest absolute Gasteiger partial charge is 0.495 e. The number of nitrogens with one attached hydrogen (secondary N) is 2. The molecule has 0 atom stereocenters. The van der Waals surface area contributed by atoms with Crippen LogP contribution in [0.4, 0.5) is 15.9 Å². The van der Waals surface area contributed by atoms with Crippen LogP contribution in [-0.2, 0) is 14.8 Å². The van der Waals surface area contributed by atoms with E-state index in [4.69, 9.17) is 15.2 Å². The minimum atomic E-state index is -4.03. The number of carbonyl (C=O) groups is 2. The van der Waals surface area contributed by atoms with E-state index in [9.17, 15) is 22.4 Å². The minimum absolute atomic E-state index is 0.0919. The van der Waals surface area contributed by atoms with Crippen LogP contribution in [-0.4, -0.2) is 65.7 Å². The maximum absolute atomic E-state index is 14.0. The van der Waals surface area contributed by atoms with Gasteiger partial charge in [0.15, 0.2) is 11.6 Å². The van der Waals surface area contributed by atoms with Gasteiger partial charge in [0.25, 0.3) is 0 Å². The number of amides is 1. The molecule has 46 heavy (non-hydrogen) atoms. The lowest BCUT2D eigenvalue weighted by Crippen LogP contribution is -2.35. The first-order valence-corrected chi connectivity index (χ1v) is 16.1. The summed E-state index contributed by atoms with van der Waals surface area (Å²) in [5.74, 6) is -1.24. The number of H-pyrrole nitrogens is 1. The summed E-state index contributed by atoms with van der Waals surface area (Å²) in [7, 11) is -2.64. The number of methoxy groups -OCH3 is 1. The molecule has 1 saturated heterocycles. The third-order valence-electron chi connectivity index (χ3n) is 7.74. The smallest absolute Gasteiger partial charge is 0.241 e. The molecule has 0 bridgehead atoms. The number of hydrogen-bond acceptors (Lipinski definition) is 8. The monoisotopic (exact) mass is 646 g/mol. The lowest BCUT2D eigenvalue weighted by atomic mass is 10.1. The molecule has 4 N–H and O–H groups in total. The molecule has 1 aliphatic heterocycles. The van der Waals surface area contributed by atoms with Gasteiger partial charge in [-0.2, -0.15) is 5.10 Å². The first kappa shape index (κ1) is 30.6. The van der Waals surface area contributed by atoms with E-state index in [1.54, 1.807) is 42.5 Å². The fourth-order valence-electron chi connectivity index (χ4n) is 5.41. The number of benzene rings is 3. The minimum Gasteiger partial charge on any atom is -0.495 e. The summed E-state index contributed by atoms with van der Waals surface area (Å²) >= 11 is 0. The molecule has 3 heterocycles. The van der Waals surface area contributed by atoms with E-state index < -0.39 is 33.3 Å². The number of carbonyl (C=O) groups excluding carboxylic acids is 2. The van der Waals surface area contributed by atoms with Gasteiger partial charge in [0.1, 0.15) is 23.1 Å². The summed E-state index contributed by atoms with van der Waals surface area (Å²) in [6.45, 7) is 2.90. The Kier molecular flexibility index (Phi) is 8.13. The Hall–Kier alpha value is -5.37. The molecule has 14 heteroatoms. The molecular weight excluding hydrogens is 615 g/mol. The van der Waals surface area contributed by atoms with Crippen LogP contribution in [0.25, 0.3) is 16.6 Å². The lowest BCUT2D eigenvalue weighted by Gasteiger charge is -2.16. The SMILES string of the molecule is COc1cc2cc(C(=O)c3cnn(-c4ccc(Oc5ccccc5F)cc4C)c3N)[nH]c2cc1NS(=O)(=O)CC(=O)N1CCCC1. The molecule has 2 aromatic heterocycles. The van der Waals surface area contributed by atoms with Crippen LogP contribution < -0.4 is 19.9 Å². The Morgan fingerprint density at radius 1 is 1.07 bits per heavy atom. The summed E-state index contributed by atoms with van der Waals surface area (Å²) in [5, 5.41) is 4.92. The van der Waals surface area contributed by atoms with Crippen molar-refractivity contribution in [2.24, 2.45) is 0 Å². The van der Waals surface area contributed by atoms with Crippen LogP contribution in [0.3, 0.4) is 0 Å². The summed E-state index contributed by atoms with van der Waals surface area (Å²) in [5.41, 5.74) is 8.63. The van der Waals surface area contributed by atoms with Crippen LogP contribution in [0.1, 0.15) is 34.5 Å². The van der Waals surface area contributed by atoms with Crippen LogP contribution >= 0.6 is 0 Å². The molecule has 3 aromatic carbocycles. The Labute approximate surface area is 264 Å². The second-order valence-electron chi connectivity index (χ2n) is 10.9. The van der Waals surface area contributed by atoms with Gasteiger partial charge in [0.2, 0.25) is 21.7 Å². The van der Waals surface area contributed by atoms with Crippen LogP contribution in [0.5, 0.6) is 17.2 Å². The highest BCUT2D eigenvalue weighted by atomic mass is 32.2. The van der Waals surface area contributed by atoms with Crippen LogP contribution in [0.2, 0.25) is 0 Å². The molecule has 1 amide bonds. The number of para-hydroxylation sites is 1. The highest BCUT2D eigenvalue weighted by molar-refractivity contribution is 7.93. The number of nitrogens with two attached hydrogens (primary N) is 1. The zero-order valence-electron chi connectivity index (χ0n) is 25.0. The topological polar surface area (TPSA) is 162 Å². The standard InChI is InChI=1S/C32H31FN6O6S/c1-19-13-21(45-28-8-4-3-7-23(28)33)9-10-27(19)39-32(34)22(17-35-39)31(41)26-14-20-15-29(44-2)25(16-24(20)36-26)37-46(42,43)18-30(40)38-11-5-6-12-38/h3-4,7-10,13-17,36-37H,5-6,11-12,18,34H2,1-2H3. The summed E-state index contributed by atoms with van der Waals surface area (Å²) in [6.07, 6.45) is 3.07. The summed E-state index contributed by atoms with van der Waals surface area (Å²) in [6, 6.07) is 15.8. The number of aromatic amines is 1. The maximum atomic E-state index is 14.0.